The van der Waals surface area contributed by atoms with Crippen LogP contribution < -0.4 is 5.32 Å². The van der Waals surface area contributed by atoms with Crippen molar-refractivity contribution in [1.82, 2.24) is 14.8 Å². The maximum Gasteiger partial charge on any atom is 0.126 e. The van der Waals surface area contributed by atoms with E-state index in [0.29, 0.717) is 0 Å². The van der Waals surface area contributed by atoms with Crippen LogP contribution in [0.25, 0.3) is 10.9 Å². The molecule has 1 aromatic carbocycles. The van der Waals surface area contributed by atoms with Crippen molar-refractivity contribution in [2.75, 3.05) is 11.9 Å². The van der Waals surface area contributed by atoms with Gasteiger partial charge in [0.2, 0.25) is 0 Å². The molecule has 0 spiro atoms. The van der Waals surface area contributed by atoms with Crippen molar-refractivity contribution in [3.05, 3.63) is 54.4 Å². The van der Waals surface area contributed by atoms with Gasteiger partial charge >= 0.3 is 0 Å². The molecule has 0 fully saturated rings. The summed E-state index contributed by atoms with van der Waals surface area (Å²) < 4.78 is 1.82. The molecule has 4 nitrogen and oxygen atoms in total. The van der Waals surface area contributed by atoms with Gasteiger partial charge in [-0.15, -0.1) is 0 Å². The SMILES string of the molecule is Cn1ccc(CCNc2ccc3ccccc3n2)n1. The maximum atomic E-state index is 4.57. The van der Waals surface area contributed by atoms with Crippen molar-refractivity contribution in [1.29, 1.82) is 0 Å². The van der Waals surface area contributed by atoms with Crippen LogP contribution in [0.1, 0.15) is 5.69 Å². The summed E-state index contributed by atoms with van der Waals surface area (Å²) in [6.45, 7) is 0.836. The van der Waals surface area contributed by atoms with E-state index in [4.69, 9.17) is 0 Å². The van der Waals surface area contributed by atoms with Gasteiger partial charge in [0.25, 0.3) is 0 Å². The number of fused-ring (bicyclic) bond motifs is 1. The van der Waals surface area contributed by atoms with Gasteiger partial charge in [-0.05, 0) is 24.3 Å². The Bertz CT molecular complexity index is 687. The van der Waals surface area contributed by atoms with Gasteiger partial charge < -0.3 is 5.32 Å². The van der Waals surface area contributed by atoms with E-state index in [-0.39, 0.29) is 0 Å². The molecule has 0 aliphatic carbocycles. The van der Waals surface area contributed by atoms with Gasteiger partial charge in [-0.3, -0.25) is 4.68 Å². The monoisotopic (exact) mass is 252 g/mol. The summed E-state index contributed by atoms with van der Waals surface area (Å²) in [5.41, 5.74) is 2.11. The Morgan fingerprint density at radius 2 is 2.00 bits per heavy atom. The molecule has 96 valence electrons. The van der Waals surface area contributed by atoms with Crippen LogP contribution in [0.5, 0.6) is 0 Å². The van der Waals surface area contributed by atoms with E-state index in [1.54, 1.807) is 0 Å². The normalized spacial score (nSPS) is 10.8. The van der Waals surface area contributed by atoms with Gasteiger partial charge in [0.15, 0.2) is 0 Å². The van der Waals surface area contributed by atoms with Crippen molar-refractivity contribution in [3.8, 4) is 0 Å². The highest BCUT2D eigenvalue weighted by Crippen LogP contribution is 2.14. The number of aromatic nitrogens is 3. The summed E-state index contributed by atoms with van der Waals surface area (Å²) in [5.74, 6) is 0.912. The quantitative estimate of drug-likeness (QED) is 0.776. The number of rotatable bonds is 4. The third-order valence-corrected chi connectivity index (χ3v) is 3.05. The van der Waals surface area contributed by atoms with Crippen molar-refractivity contribution < 1.29 is 0 Å². The number of nitrogens with zero attached hydrogens (tertiary/aromatic N) is 3. The Balaban J connectivity index is 1.65. The standard InChI is InChI=1S/C15H16N4/c1-19-11-9-13(18-19)8-10-16-15-7-6-12-4-2-3-5-14(12)17-15/h2-7,9,11H,8,10H2,1H3,(H,16,17). The first-order chi connectivity index (χ1) is 9.31. The Hall–Kier alpha value is -2.36. The van der Waals surface area contributed by atoms with Crippen LogP contribution in [-0.4, -0.2) is 21.3 Å². The van der Waals surface area contributed by atoms with Crippen LogP contribution in [0.15, 0.2) is 48.7 Å². The predicted molar refractivity (Wildman–Crippen MR) is 77.1 cm³/mol. The van der Waals surface area contributed by atoms with Gasteiger partial charge in [0.05, 0.1) is 11.2 Å². The number of pyridine rings is 1. The minimum atomic E-state index is 0.836. The molecule has 2 heterocycles. The van der Waals surface area contributed by atoms with Crippen molar-refractivity contribution in [2.24, 2.45) is 7.05 Å². The molecular weight excluding hydrogens is 236 g/mol. The molecule has 0 saturated carbocycles. The lowest BCUT2D eigenvalue weighted by molar-refractivity contribution is 0.742. The van der Waals surface area contributed by atoms with Crippen LogP contribution in [0.2, 0.25) is 0 Å². The summed E-state index contributed by atoms with van der Waals surface area (Å²) in [6.07, 6.45) is 2.86. The first-order valence-electron chi connectivity index (χ1n) is 6.39. The zero-order valence-electron chi connectivity index (χ0n) is 10.9. The number of anilines is 1. The maximum absolute atomic E-state index is 4.57. The topological polar surface area (TPSA) is 42.7 Å². The van der Waals surface area contributed by atoms with E-state index in [9.17, 15) is 0 Å². The van der Waals surface area contributed by atoms with E-state index in [2.05, 4.69) is 27.5 Å². The molecule has 0 saturated heterocycles. The molecule has 3 aromatic rings. The number of aryl methyl sites for hydroxylation is 1. The van der Waals surface area contributed by atoms with Crippen LogP contribution >= 0.6 is 0 Å². The van der Waals surface area contributed by atoms with Crippen LogP contribution in [0.3, 0.4) is 0 Å². The fraction of sp³-hybridized carbons (Fsp3) is 0.200. The summed E-state index contributed by atoms with van der Waals surface area (Å²) in [5, 5.41) is 8.85. The number of para-hydroxylation sites is 1. The second-order valence-electron chi connectivity index (χ2n) is 4.55. The summed E-state index contributed by atoms with van der Waals surface area (Å²) >= 11 is 0. The molecule has 0 amide bonds. The Labute approximate surface area is 112 Å². The average Bonchev–Trinajstić information content (AvgIpc) is 2.84. The third-order valence-electron chi connectivity index (χ3n) is 3.05. The lowest BCUT2D eigenvalue weighted by Gasteiger charge is -2.05. The van der Waals surface area contributed by atoms with E-state index < -0.39 is 0 Å². The molecule has 0 aliphatic heterocycles. The first-order valence-corrected chi connectivity index (χ1v) is 6.39. The van der Waals surface area contributed by atoms with E-state index in [0.717, 1.165) is 35.4 Å². The third kappa shape index (κ3) is 2.73. The van der Waals surface area contributed by atoms with Crippen LogP contribution in [0, 0.1) is 0 Å². The minimum absolute atomic E-state index is 0.836. The fourth-order valence-corrected chi connectivity index (χ4v) is 2.08. The minimum Gasteiger partial charge on any atom is -0.370 e. The lowest BCUT2D eigenvalue weighted by atomic mass is 10.2. The highest BCUT2D eigenvalue weighted by molar-refractivity contribution is 5.79. The molecule has 0 radical (unpaired) electrons. The summed E-state index contributed by atoms with van der Waals surface area (Å²) in [6, 6.07) is 14.3. The average molecular weight is 252 g/mol. The molecule has 2 aromatic heterocycles. The predicted octanol–water partition coefficient (Wildman–Crippen LogP) is 2.62. The van der Waals surface area contributed by atoms with Gasteiger partial charge in [-0.2, -0.15) is 5.10 Å². The molecule has 0 aliphatic rings. The number of hydrogen-bond acceptors (Lipinski definition) is 3. The lowest BCUT2D eigenvalue weighted by Crippen LogP contribution is -2.07. The number of hydrogen-bond donors (Lipinski definition) is 1. The first kappa shape index (κ1) is 11.7. The molecule has 0 atom stereocenters. The Morgan fingerprint density at radius 1 is 1.11 bits per heavy atom. The highest BCUT2D eigenvalue weighted by atomic mass is 15.2. The Kier molecular flexibility index (Phi) is 3.14. The van der Waals surface area contributed by atoms with E-state index >= 15 is 0 Å². The molecule has 4 heteroatoms. The second kappa shape index (κ2) is 5.10. The highest BCUT2D eigenvalue weighted by Gasteiger charge is 1.99. The zero-order valence-corrected chi connectivity index (χ0v) is 10.9. The zero-order chi connectivity index (χ0) is 13.1. The molecule has 1 N–H and O–H groups in total. The van der Waals surface area contributed by atoms with Crippen LogP contribution in [-0.2, 0) is 13.5 Å². The van der Waals surface area contributed by atoms with Crippen molar-refractivity contribution >= 4 is 16.7 Å². The number of nitrogens with one attached hydrogen (secondary N) is 1. The molecular formula is C15H16N4. The van der Waals surface area contributed by atoms with Crippen molar-refractivity contribution in [3.63, 3.8) is 0 Å². The van der Waals surface area contributed by atoms with Crippen LogP contribution in [0.4, 0.5) is 5.82 Å². The van der Waals surface area contributed by atoms with E-state index in [1.165, 1.54) is 0 Å². The molecule has 3 rings (SSSR count). The Morgan fingerprint density at radius 3 is 2.84 bits per heavy atom. The van der Waals surface area contributed by atoms with Gasteiger partial charge in [0.1, 0.15) is 5.82 Å². The van der Waals surface area contributed by atoms with E-state index in [1.807, 2.05) is 48.3 Å². The van der Waals surface area contributed by atoms with Gasteiger partial charge in [0, 0.05) is 31.6 Å². The number of benzene rings is 1. The second-order valence-corrected chi connectivity index (χ2v) is 4.55. The van der Waals surface area contributed by atoms with Gasteiger partial charge in [-0.25, -0.2) is 4.98 Å². The fourth-order valence-electron chi connectivity index (χ4n) is 2.08. The molecule has 19 heavy (non-hydrogen) atoms. The van der Waals surface area contributed by atoms with Gasteiger partial charge in [-0.1, -0.05) is 18.2 Å². The molecule has 0 unspecified atom stereocenters. The summed E-state index contributed by atoms with van der Waals surface area (Å²) in [4.78, 5) is 4.57. The smallest absolute Gasteiger partial charge is 0.126 e. The largest absolute Gasteiger partial charge is 0.370 e. The molecule has 0 bridgehead atoms. The van der Waals surface area contributed by atoms with Crippen molar-refractivity contribution in [2.45, 2.75) is 6.42 Å². The summed E-state index contributed by atoms with van der Waals surface area (Å²) in [7, 11) is 1.93.